The standard InChI is InChI=1S/C14H14N/c1-11-7-3-4-8-12(11)13-9-5-6-10-14(13)15-2/h3-10,15H,1H2,2H3. The molecular formula is C14H14N. The largest absolute Gasteiger partial charge is 0.388 e. The van der Waals surface area contributed by atoms with Crippen molar-refractivity contribution in [1.29, 1.82) is 0 Å². The Morgan fingerprint density at radius 3 is 2.13 bits per heavy atom. The molecule has 2 rings (SSSR count). The van der Waals surface area contributed by atoms with Gasteiger partial charge in [-0.05, 0) is 24.1 Å². The van der Waals surface area contributed by atoms with E-state index in [1.165, 1.54) is 11.1 Å². The van der Waals surface area contributed by atoms with Gasteiger partial charge in [0.15, 0.2) is 0 Å². The van der Waals surface area contributed by atoms with Crippen LogP contribution in [0.2, 0.25) is 0 Å². The van der Waals surface area contributed by atoms with E-state index in [2.05, 4.69) is 30.4 Å². The van der Waals surface area contributed by atoms with Crippen LogP contribution in [0.1, 0.15) is 5.56 Å². The van der Waals surface area contributed by atoms with Crippen molar-refractivity contribution < 1.29 is 0 Å². The molecule has 0 spiro atoms. The van der Waals surface area contributed by atoms with Crippen LogP contribution >= 0.6 is 0 Å². The molecule has 0 aromatic heterocycles. The highest BCUT2D eigenvalue weighted by atomic mass is 14.8. The van der Waals surface area contributed by atoms with Crippen molar-refractivity contribution in [1.82, 2.24) is 0 Å². The Bertz CT molecular complexity index is 460. The van der Waals surface area contributed by atoms with E-state index in [1.807, 2.05) is 37.4 Å². The van der Waals surface area contributed by atoms with Gasteiger partial charge < -0.3 is 5.32 Å². The summed E-state index contributed by atoms with van der Waals surface area (Å²) in [5.41, 5.74) is 4.57. The van der Waals surface area contributed by atoms with E-state index < -0.39 is 0 Å². The molecule has 1 nitrogen and oxygen atoms in total. The molecule has 15 heavy (non-hydrogen) atoms. The van der Waals surface area contributed by atoms with Crippen molar-refractivity contribution >= 4 is 5.69 Å². The Labute approximate surface area is 90.8 Å². The molecule has 0 fully saturated rings. The van der Waals surface area contributed by atoms with Crippen LogP contribution in [0.3, 0.4) is 0 Å². The zero-order valence-electron chi connectivity index (χ0n) is 8.83. The van der Waals surface area contributed by atoms with Gasteiger partial charge in [-0.25, -0.2) is 0 Å². The van der Waals surface area contributed by atoms with Crippen LogP contribution in [0.5, 0.6) is 0 Å². The van der Waals surface area contributed by atoms with Gasteiger partial charge in [0.1, 0.15) is 0 Å². The highest BCUT2D eigenvalue weighted by Crippen LogP contribution is 2.29. The Morgan fingerprint density at radius 1 is 0.867 bits per heavy atom. The van der Waals surface area contributed by atoms with Crippen LogP contribution in [0.25, 0.3) is 11.1 Å². The smallest absolute Gasteiger partial charge is 0.0417 e. The van der Waals surface area contributed by atoms with Crippen molar-refractivity contribution in [3.05, 3.63) is 61.0 Å². The zero-order chi connectivity index (χ0) is 10.7. The number of hydrogen-bond donors (Lipinski definition) is 1. The highest BCUT2D eigenvalue weighted by Gasteiger charge is 2.04. The third kappa shape index (κ3) is 1.86. The predicted octanol–water partition coefficient (Wildman–Crippen LogP) is 3.58. The molecule has 1 radical (unpaired) electrons. The Kier molecular flexibility index (Phi) is 2.72. The summed E-state index contributed by atoms with van der Waals surface area (Å²) in [7, 11) is 1.94. The number of hydrogen-bond acceptors (Lipinski definition) is 1. The fourth-order valence-electron chi connectivity index (χ4n) is 1.72. The third-order valence-electron chi connectivity index (χ3n) is 2.50. The fourth-order valence-corrected chi connectivity index (χ4v) is 1.72. The summed E-state index contributed by atoms with van der Waals surface area (Å²) in [6.07, 6.45) is 0. The van der Waals surface area contributed by atoms with E-state index in [9.17, 15) is 0 Å². The molecule has 0 atom stereocenters. The van der Waals surface area contributed by atoms with Gasteiger partial charge in [-0.3, -0.25) is 0 Å². The van der Waals surface area contributed by atoms with Gasteiger partial charge in [0.2, 0.25) is 0 Å². The highest BCUT2D eigenvalue weighted by molar-refractivity contribution is 5.80. The summed E-state index contributed by atoms with van der Waals surface area (Å²) in [6.45, 7) is 4.04. The minimum atomic E-state index is 1.06. The van der Waals surface area contributed by atoms with Crippen LogP contribution < -0.4 is 5.32 Å². The molecule has 0 bridgehead atoms. The third-order valence-corrected chi connectivity index (χ3v) is 2.50. The SMILES string of the molecule is [CH2]c1ccccc1-c1ccccc1NC. The molecule has 2 aromatic carbocycles. The van der Waals surface area contributed by atoms with Crippen molar-refractivity contribution in [2.45, 2.75) is 0 Å². The molecule has 0 aliphatic rings. The summed E-state index contributed by atoms with van der Waals surface area (Å²) >= 11 is 0. The van der Waals surface area contributed by atoms with Gasteiger partial charge in [-0.1, -0.05) is 42.5 Å². The van der Waals surface area contributed by atoms with Gasteiger partial charge in [-0.2, -0.15) is 0 Å². The minimum Gasteiger partial charge on any atom is -0.388 e. The minimum absolute atomic E-state index is 1.06. The van der Waals surface area contributed by atoms with Crippen molar-refractivity contribution in [3.8, 4) is 11.1 Å². The second kappa shape index (κ2) is 4.18. The Morgan fingerprint density at radius 2 is 1.47 bits per heavy atom. The van der Waals surface area contributed by atoms with Crippen LogP contribution in [0.15, 0.2) is 48.5 Å². The molecule has 0 amide bonds. The zero-order valence-corrected chi connectivity index (χ0v) is 8.83. The first kappa shape index (κ1) is 9.78. The second-order valence-electron chi connectivity index (χ2n) is 3.45. The van der Waals surface area contributed by atoms with Gasteiger partial charge in [0, 0.05) is 18.3 Å². The first-order valence-electron chi connectivity index (χ1n) is 5.01. The summed E-state index contributed by atoms with van der Waals surface area (Å²) in [5, 5.41) is 3.19. The van der Waals surface area contributed by atoms with Gasteiger partial charge in [-0.15, -0.1) is 0 Å². The molecule has 0 aliphatic carbocycles. The predicted molar refractivity (Wildman–Crippen MR) is 65.9 cm³/mol. The van der Waals surface area contributed by atoms with E-state index in [0.717, 1.165) is 11.3 Å². The summed E-state index contributed by atoms with van der Waals surface area (Å²) in [6, 6.07) is 16.4. The molecule has 75 valence electrons. The lowest BCUT2D eigenvalue weighted by atomic mass is 9.99. The molecule has 0 saturated heterocycles. The molecule has 1 N–H and O–H groups in total. The van der Waals surface area contributed by atoms with Gasteiger partial charge >= 0.3 is 0 Å². The fraction of sp³-hybridized carbons (Fsp3) is 0.0714. The molecule has 1 heteroatoms. The Hall–Kier alpha value is -1.76. The summed E-state index contributed by atoms with van der Waals surface area (Å²) in [4.78, 5) is 0. The lowest BCUT2D eigenvalue weighted by Gasteiger charge is -2.10. The number of rotatable bonds is 2. The lowest BCUT2D eigenvalue weighted by Crippen LogP contribution is -1.92. The first-order chi connectivity index (χ1) is 7.33. The monoisotopic (exact) mass is 196 g/mol. The maximum Gasteiger partial charge on any atom is 0.0417 e. The van der Waals surface area contributed by atoms with Crippen LogP contribution in [0, 0.1) is 6.92 Å². The molecule has 0 heterocycles. The molecule has 0 unspecified atom stereocenters. The maximum absolute atomic E-state index is 4.04. The van der Waals surface area contributed by atoms with Crippen molar-refractivity contribution in [2.24, 2.45) is 0 Å². The van der Waals surface area contributed by atoms with E-state index in [0.29, 0.717) is 0 Å². The van der Waals surface area contributed by atoms with Crippen molar-refractivity contribution in [3.63, 3.8) is 0 Å². The second-order valence-corrected chi connectivity index (χ2v) is 3.45. The number of nitrogens with one attached hydrogen (secondary N) is 1. The van der Waals surface area contributed by atoms with Crippen LogP contribution in [0.4, 0.5) is 5.69 Å². The molecule has 0 aliphatic heterocycles. The number of para-hydroxylation sites is 1. The van der Waals surface area contributed by atoms with Crippen LogP contribution in [-0.4, -0.2) is 7.05 Å². The Balaban J connectivity index is 2.59. The average Bonchev–Trinajstić information content (AvgIpc) is 2.30. The van der Waals surface area contributed by atoms with Crippen LogP contribution in [-0.2, 0) is 0 Å². The van der Waals surface area contributed by atoms with E-state index in [1.54, 1.807) is 0 Å². The van der Waals surface area contributed by atoms with E-state index in [-0.39, 0.29) is 0 Å². The summed E-state index contributed by atoms with van der Waals surface area (Å²) < 4.78 is 0. The number of anilines is 1. The molecular weight excluding hydrogens is 182 g/mol. The van der Waals surface area contributed by atoms with Gasteiger partial charge in [0.05, 0.1) is 0 Å². The van der Waals surface area contributed by atoms with E-state index in [4.69, 9.17) is 0 Å². The average molecular weight is 196 g/mol. The number of benzene rings is 2. The quantitative estimate of drug-likeness (QED) is 0.774. The van der Waals surface area contributed by atoms with Gasteiger partial charge in [0.25, 0.3) is 0 Å². The molecule has 0 saturated carbocycles. The normalized spacial score (nSPS) is 10.0. The molecule has 2 aromatic rings. The topological polar surface area (TPSA) is 12.0 Å². The van der Waals surface area contributed by atoms with Crippen molar-refractivity contribution in [2.75, 3.05) is 12.4 Å². The lowest BCUT2D eigenvalue weighted by molar-refractivity contribution is 1.49. The first-order valence-corrected chi connectivity index (χ1v) is 5.01. The van der Waals surface area contributed by atoms with E-state index >= 15 is 0 Å². The summed E-state index contributed by atoms with van der Waals surface area (Å²) in [5.74, 6) is 0. The maximum atomic E-state index is 4.04.